The molecule has 6 heteroatoms. The van der Waals surface area contributed by atoms with Gasteiger partial charge in [0.05, 0.1) is 13.2 Å². The molecule has 1 fully saturated rings. The van der Waals surface area contributed by atoms with E-state index in [1.165, 1.54) is 16.6 Å². The molecule has 2 rings (SSSR count). The van der Waals surface area contributed by atoms with Gasteiger partial charge in [-0.05, 0) is 30.4 Å². The monoisotopic (exact) mass is 280 g/mol. The molecule has 0 unspecified atom stereocenters. The van der Waals surface area contributed by atoms with Crippen LogP contribution in [0.2, 0.25) is 0 Å². The molecule has 1 aromatic rings. The minimum Gasteiger partial charge on any atom is -0.392 e. The van der Waals surface area contributed by atoms with Gasteiger partial charge >= 0.3 is 0 Å². The van der Waals surface area contributed by atoms with E-state index in [-0.39, 0.29) is 18.2 Å². The summed E-state index contributed by atoms with van der Waals surface area (Å²) in [6, 6.07) is 2.95. The third kappa shape index (κ3) is 3.32. The van der Waals surface area contributed by atoms with E-state index in [4.69, 9.17) is 11.5 Å². The second-order valence-electron chi connectivity index (χ2n) is 4.61. The van der Waals surface area contributed by atoms with Crippen molar-refractivity contribution in [1.29, 1.82) is 0 Å². The Balaban J connectivity index is 2.23. The van der Waals surface area contributed by atoms with Gasteiger partial charge in [0, 0.05) is 12.7 Å². The quantitative estimate of drug-likeness (QED) is 0.775. The van der Waals surface area contributed by atoms with Gasteiger partial charge < -0.3 is 5.11 Å². The molecule has 102 valence electrons. The van der Waals surface area contributed by atoms with E-state index in [1.54, 1.807) is 6.07 Å². The zero-order chi connectivity index (χ0) is 13.9. The lowest BCUT2D eigenvalue weighted by molar-refractivity contribution is 0.281. The summed E-state index contributed by atoms with van der Waals surface area (Å²) in [7, 11) is -3.65. The molecule has 1 aliphatic carbocycles. The summed E-state index contributed by atoms with van der Waals surface area (Å²) < 4.78 is 26.1. The Kier molecular flexibility index (Phi) is 4.20. The topological polar surface area (TPSA) is 70.5 Å². The SMILES string of the molecule is C#CCN(CC1CC1)S(=O)(=O)c1ccc(CO)cn1. The Labute approximate surface area is 113 Å². The number of pyridine rings is 1. The first-order valence-electron chi connectivity index (χ1n) is 6.07. The summed E-state index contributed by atoms with van der Waals surface area (Å²) >= 11 is 0. The van der Waals surface area contributed by atoms with Gasteiger partial charge in [-0.2, -0.15) is 4.31 Å². The van der Waals surface area contributed by atoms with Gasteiger partial charge in [-0.15, -0.1) is 6.42 Å². The molecular weight excluding hydrogens is 264 g/mol. The maximum absolute atomic E-state index is 12.4. The van der Waals surface area contributed by atoms with Gasteiger partial charge in [-0.1, -0.05) is 12.0 Å². The average molecular weight is 280 g/mol. The number of terminal acetylenes is 1. The van der Waals surface area contributed by atoms with Crippen LogP contribution in [-0.2, 0) is 16.6 Å². The molecule has 1 aromatic heterocycles. The Bertz CT molecular complexity index is 571. The van der Waals surface area contributed by atoms with Crippen LogP contribution >= 0.6 is 0 Å². The maximum atomic E-state index is 12.4. The van der Waals surface area contributed by atoms with Gasteiger partial charge in [0.2, 0.25) is 0 Å². The molecule has 0 aromatic carbocycles. The average Bonchev–Trinajstić information content (AvgIpc) is 3.22. The Morgan fingerprint density at radius 2 is 2.21 bits per heavy atom. The second kappa shape index (κ2) is 5.70. The number of aliphatic hydroxyl groups excluding tert-OH is 1. The van der Waals surface area contributed by atoms with Crippen molar-refractivity contribution in [3.63, 3.8) is 0 Å². The first-order valence-corrected chi connectivity index (χ1v) is 7.51. The van der Waals surface area contributed by atoms with Crippen LogP contribution in [-0.4, -0.2) is 35.9 Å². The van der Waals surface area contributed by atoms with Crippen molar-refractivity contribution < 1.29 is 13.5 Å². The zero-order valence-corrected chi connectivity index (χ0v) is 11.3. The first-order chi connectivity index (χ1) is 9.07. The highest BCUT2D eigenvalue weighted by atomic mass is 32.2. The third-order valence-electron chi connectivity index (χ3n) is 3.01. The third-order valence-corrected chi connectivity index (χ3v) is 4.74. The van der Waals surface area contributed by atoms with Crippen LogP contribution < -0.4 is 0 Å². The van der Waals surface area contributed by atoms with Crippen LogP contribution in [0.1, 0.15) is 18.4 Å². The first kappa shape index (κ1) is 14.0. The van der Waals surface area contributed by atoms with Crippen LogP contribution in [0.5, 0.6) is 0 Å². The van der Waals surface area contributed by atoms with Crippen LogP contribution in [0.25, 0.3) is 0 Å². The molecule has 0 amide bonds. The molecule has 1 N–H and O–H groups in total. The number of hydrogen-bond acceptors (Lipinski definition) is 4. The second-order valence-corrected chi connectivity index (χ2v) is 6.49. The molecule has 19 heavy (non-hydrogen) atoms. The van der Waals surface area contributed by atoms with Crippen LogP contribution in [0.4, 0.5) is 0 Å². The van der Waals surface area contributed by atoms with E-state index in [1.807, 2.05) is 0 Å². The maximum Gasteiger partial charge on any atom is 0.261 e. The van der Waals surface area contributed by atoms with Crippen LogP contribution in [0, 0.1) is 18.3 Å². The van der Waals surface area contributed by atoms with Crippen LogP contribution in [0.15, 0.2) is 23.4 Å². The fourth-order valence-electron chi connectivity index (χ4n) is 1.73. The smallest absolute Gasteiger partial charge is 0.261 e. The van der Waals surface area contributed by atoms with Crippen molar-refractivity contribution in [3.05, 3.63) is 23.9 Å². The molecule has 0 bridgehead atoms. The lowest BCUT2D eigenvalue weighted by Gasteiger charge is -2.19. The zero-order valence-electron chi connectivity index (χ0n) is 10.5. The van der Waals surface area contributed by atoms with Crippen molar-refractivity contribution in [2.45, 2.75) is 24.5 Å². The van der Waals surface area contributed by atoms with Crippen LogP contribution in [0.3, 0.4) is 0 Å². The van der Waals surface area contributed by atoms with Crippen molar-refractivity contribution in [3.8, 4) is 12.3 Å². The molecule has 5 nitrogen and oxygen atoms in total. The lowest BCUT2D eigenvalue weighted by atomic mass is 10.3. The van der Waals surface area contributed by atoms with Crippen molar-refractivity contribution >= 4 is 10.0 Å². The Hall–Kier alpha value is -1.42. The molecule has 0 atom stereocenters. The van der Waals surface area contributed by atoms with Gasteiger partial charge in [0.25, 0.3) is 10.0 Å². The number of rotatable bonds is 6. The standard InChI is InChI=1S/C13H16N2O3S/c1-2-7-15(9-11-3-4-11)19(17,18)13-6-5-12(10-16)8-14-13/h1,5-6,8,11,16H,3-4,7,9-10H2. The largest absolute Gasteiger partial charge is 0.392 e. The highest BCUT2D eigenvalue weighted by Gasteiger charge is 2.31. The summed E-state index contributed by atoms with van der Waals surface area (Å²) in [5, 5.41) is 8.90. The van der Waals surface area contributed by atoms with Crippen molar-refractivity contribution in [2.75, 3.05) is 13.1 Å². The highest BCUT2D eigenvalue weighted by molar-refractivity contribution is 7.89. The number of hydrogen-bond donors (Lipinski definition) is 1. The molecule has 0 aliphatic heterocycles. The van der Waals surface area contributed by atoms with E-state index in [2.05, 4.69) is 10.9 Å². The fourth-order valence-corrected chi connectivity index (χ4v) is 3.07. The molecule has 1 heterocycles. The summed E-state index contributed by atoms with van der Waals surface area (Å²) in [6.45, 7) is 0.349. The minimum atomic E-state index is -3.65. The van der Waals surface area contributed by atoms with E-state index >= 15 is 0 Å². The molecule has 1 aliphatic rings. The number of nitrogens with zero attached hydrogens (tertiary/aromatic N) is 2. The van der Waals surface area contributed by atoms with E-state index in [0.29, 0.717) is 18.0 Å². The van der Waals surface area contributed by atoms with E-state index < -0.39 is 10.0 Å². The summed E-state index contributed by atoms with van der Waals surface area (Å²) in [6.07, 6.45) is 8.69. The lowest BCUT2D eigenvalue weighted by Crippen LogP contribution is -2.33. The summed E-state index contributed by atoms with van der Waals surface area (Å²) in [5.41, 5.74) is 0.574. The summed E-state index contributed by atoms with van der Waals surface area (Å²) in [4.78, 5) is 3.89. The molecule has 1 saturated carbocycles. The molecule has 0 saturated heterocycles. The predicted molar refractivity (Wildman–Crippen MR) is 70.5 cm³/mol. The predicted octanol–water partition coefficient (Wildman–Crippen LogP) is 0.608. The van der Waals surface area contributed by atoms with E-state index in [9.17, 15) is 8.42 Å². The molecular formula is C13H16N2O3S. The summed E-state index contributed by atoms with van der Waals surface area (Å²) in [5.74, 6) is 2.79. The number of aliphatic hydroxyl groups is 1. The fraction of sp³-hybridized carbons (Fsp3) is 0.462. The van der Waals surface area contributed by atoms with Gasteiger partial charge in [-0.3, -0.25) is 0 Å². The normalized spacial score (nSPS) is 15.4. The molecule has 0 spiro atoms. The van der Waals surface area contributed by atoms with Gasteiger partial charge in [-0.25, -0.2) is 13.4 Å². The van der Waals surface area contributed by atoms with E-state index in [0.717, 1.165) is 12.8 Å². The number of aromatic nitrogens is 1. The Morgan fingerprint density at radius 1 is 1.47 bits per heavy atom. The Morgan fingerprint density at radius 3 is 2.68 bits per heavy atom. The number of sulfonamides is 1. The minimum absolute atomic E-state index is 0.0272. The highest BCUT2D eigenvalue weighted by Crippen LogP contribution is 2.31. The van der Waals surface area contributed by atoms with Crippen molar-refractivity contribution in [1.82, 2.24) is 9.29 Å². The van der Waals surface area contributed by atoms with Crippen molar-refractivity contribution in [2.24, 2.45) is 5.92 Å². The molecule has 0 radical (unpaired) electrons. The van der Waals surface area contributed by atoms with Gasteiger partial charge in [0.1, 0.15) is 0 Å². The van der Waals surface area contributed by atoms with Gasteiger partial charge in [0.15, 0.2) is 5.03 Å².